The van der Waals surface area contributed by atoms with Crippen LogP contribution in [0.25, 0.3) is 11.3 Å². The van der Waals surface area contributed by atoms with Crippen molar-refractivity contribution in [3.05, 3.63) is 45.9 Å². The maximum atomic E-state index is 13.5. The Morgan fingerprint density at radius 2 is 1.88 bits per heavy atom. The van der Waals surface area contributed by atoms with E-state index in [1.165, 1.54) is 0 Å². The molecule has 1 aliphatic rings. The Morgan fingerprint density at radius 1 is 1.18 bits per heavy atom. The van der Waals surface area contributed by atoms with Crippen LogP contribution in [-0.4, -0.2) is 56.2 Å². The third kappa shape index (κ3) is 4.98. The largest absolute Gasteiger partial charge is 0.443 e. The van der Waals surface area contributed by atoms with E-state index in [0.717, 1.165) is 0 Å². The van der Waals surface area contributed by atoms with Crippen LogP contribution in [0.3, 0.4) is 0 Å². The van der Waals surface area contributed by atoms with E-state index in [4.69, 9.17) is 11.6 Å². The molecule has 0 N–H and O–H groups in total. The molecule has 176 valence electrons. The molecule has 0 bridgehead atoms. The van der Waals surface area contributed by atoms with E-state index in [1.54, 1.807) is 47.7 Å². The first-order valence-electron chi connectivity index (χ1n) is 10.3. The lowest BCUT2D eigenvalue weighted by molar-refractivity contribution is -0.137. The molecule has 3 heterocycles. The van der Waals surface area contributed by atoms with Gasteiger partial charge in [-0.05, 0) is 32.9 Å². The fourth-order valence-corrected chi connectivity index (χ4v) is 5.00. The number of piperazine rings is 1. The fraction of sp³-hybridized carbons (Fsp3) is 0.429. The average molecular weight is 499 g/mol. The number of carbonyl (C=O) groups excluding carboxylic acids is 1. The molecule has 12 heteroatoms. The molecule has 1 amide bonds. The first-order valence-corrected chi connectivity index (χ1v) is 11.5. The lowest BCUT2D eigenvalue weighted by Crippen LogP contribution is -2.54. The summed E-state index contributed by atoms with van der Waals surface area (Å²) in [7, 11) is 0. The van der Waals surface area contributed by atoms with Gasteiger partial charge in [-0.25, -0.2) is 14.6 Å². The van der Waals surface area contributed by atoms with Crippen molar-refractivity contribution in [3.8, 4) is 11.3 Å². The third-order valence-electron chi connectivity index (χ3n) is 5.45. The molecule has 0 unspecified atom stereocenters. The van der Waals surface area contributed by atoms with Crippen LogP contribution >= 0.6 is 22.9 Å². The van der Waals surface area contributed by atoms with Crippen LogP contribution in [0.5, 0.6) is 0 Å². The summed E-state index contributed by atoms with van der Waals surface area (Å²) in [5.41, 5.74) is 0.828. The normalized spacial score (nSPS) is 17.0. The number of thiazole rings is 1. The van der Waals surface area contributed by atoms with Crippen LogP contribution < -0.4 is 4.90 Å². The summed E-state index contributed by atoms with van der Waals surface area (Å²) in [5.74, 6) is 1.15. The topological polar surface area (TPSA) is 67.2 Å². The van der Waals surface area contributed by atoms with Crippen molar-refractivity contribution >= 4 is 33.8 Å². The predicted octanol–water partition coefficient (Wildman–Crippen LogP) is 4.43. The molecule has 0 saturated carbocycles. The van der Waals surface area contributed by atoms with Crippen molar-refractivity contribution in [2.24, 2.45) is 0 Å². The van der Waals surface area contributed by atoms with Gasteiger partial charge in [-0.3, -0.25) is 4.79 Å². The van der Waals surface area contributed by atoms with Crippen LogP contribution in [0.15, 0.2) is 24.3 Å². The zero-order valence-electron chi connectivity index (χ0n) is 18.2. The Hall–Kier alpha value is -2.66. The third-order valence-corrected chi connectivity index (χ3v) is 6.87. The molecular weight excluding hydrogens is 477 g/mol. The predicted molar refractivity (Wildman–Crippen MR) is 120 cm³/mol. The second kappa shape index (κ2) is 8.94. The van der Waals surface area contributed by atoms with E-state index >= 15 is 0 Å². The number of hydrogen-bond donors (Lipinski definition) is 0. The Kier molecular flexibility index (Phi) is 6.37. The summed E-state index contributed by atoms with van der Waals surface area (Å²) in [5, 5.41) is 4.26. The molecule has 0 aliphatic carbocycles. The van der Waals surface area contributed by atoms with Gasteiger partial charge in [0.05, 0.1) is 0 Å². The number of nitrogens with zero attached hydrogens (tertiary/aromatic N) is 6. The first-order chi connectivity index (χ1) is 15.5. The minimum Gasteiger partial charge on any atom is -0.358 e. The molecule has 7 nitrogen and oxygen atoms in total. The Balaban J connectivity index is 1.56. The fourth-order valence-electron chi connectivity index (χ4n) is 3.89. The highest BCUT2D eigenvalue weighted by Crippen LogP contribution is 2.43. The van der Waals surface area contributed by atoms with Gasteiger partial charge in [0.2, 0.25) is 10.9 Å². The van der Waals surface area contributed by atoms with Crippen LogP contribution in [-0.2, 0) is 17.5 Å². The van der Waals surface area contributed by atoms with E-state index in [2.05, 4.69) is 15.1 Å². The van der Waals surface area contributed by atoms with Crippen LogP contribution in [0.2, 0.25) is 5.02 Å². The van der Waals surface area contributed by atoms with Gasteiger partial charge < -0.3 is 9.80 Å². The quantitative estimate of drug-likeness (QED) is 0.532. The van der Waals surface area contributed by atoms with Gasteiger partial charge in [-0.15, -0.1) is 0 Å². The molecular formula is C21H22ClF3N6OS. The molecule has 1 aromatic carbocycles. The molecule has 3 aromatic rings. The first kappa shape index (κ1) is 23.5. The second-order valence-corrected chi connectivity index (χ2v) is 9.34. The summed E-state index contributed by atoms with van der Waals surface area (Å²) in [4.78, 5) is 24.6. The number of aryl methyl sites for hydroxylation is 2. The highest BCUT2D eigenvalue weighted by atomic mass is 35.5. The van der Waals surface area contributed by atoms with Crippen molar-refractivity contribution in [1.29, 1.82) is 0 Å². The lowest BCUT2D eigenvalue weighted by Gasteiger charge is -2.40. The second-order valence-electron chi connectivity index (χ2n) is 7.92. The number of halogens is 4. The zero-order chi connectivity index (χ0) is 23.9. The molecule has 2 aromatic heterocycles. The Morgan fingerprint density at radius 3 is 2.45 bits per heavy atom. The molecule has 33 heavy (non-hydrogen) atoms. The molecule has 1 saturated heterocycles. The van der Waals surface area contributed by atoms with Gasteiger partial charge in [-0.1, -0.05) is 35.1 Å². The molecule has 0 radical (unpaired) electrons. The summed E-state index contributed by atoms with van der Waals surface area (Å²) in [6.45, 7) is 6.68. The number of carbonyl (C=O) groups is 1. The highest BCUT2D eigenvalue weighted by Gasteiger charge is 2.38. The minimum atomic E-state index is -4.54. The number of aromatic nitrogens is 4. The maximum absolute atomic E-state index is 13.5. The lowest BCUT2D eigenvalue weighted by atomic mass is 10.1. The van der Waals surface area contributed by atoms with E-state index in [9.17, 15) is 18.0 Å². The van der Waals surface area contributed by atoms with Crippen molar-refractivity contribution in [3.63, 3.8) is 0 Å². The number of hydrogen-bond acceptors (Lipinski definition) is 6. The maximum Gasteiger partial charge on any atom is 0.443 e. The van der Waals surface area contributed by atoms with E-state index in [1.807, 2.05) is 11.8 Å². The standard InChI is InChI=1S/C21H22ClF3N6OS/c1-12-10-29(8-9-30(12)17(32)11-31-14(3)26-13(2)28-31)19-18(15-4-6-16(22)7-5-15)27-20(33-19)21(23,24)25/h4-7,12H,8-11H2,1-3H3/t12-/m1/s1. The molecule has 1 aliphatic heterocycles. The number of benzene rings is 1. The van der Waals surface area contributed by atoms with Gasteiger partial charge in [0.25, 0.3) is 0 Å². The van der Waals surface area contributed by atoms with Crippen LogP contribution in [0.4, 0.5) is 18.2 Å². The number of amides is 1. The Labute approximate surface area is 197 Å². The van der Waals surface area contributed by atoms with Crippen molar-refractivity contribution in [2.45, 2.75) is 39.5 Å². The molecule has 1 atom stereocenters. The van der Waals surface area contributed by atoms with Crippen LogP contribution in [0.1, 0.15) is 23.6 Å². The van der Waals surface area contributed by atoms with Gasteiger partial charge in [0.15, 0.2) is 0 Å². The monoisotopic (exact) mass is 498 g/mol. The van der Waals surface area contributed by atoms with E-state index in [0.29, 0.717) is 58.2 Å². The van der Waals surface area contributed by atoms with Gasteiger partial charge in [0.1, 0.15) is 28.9 Å². The molecule has 4 rings (SSSR count). The average Bonchev–Trinajstić information content (AvgIpc) is 3.32. The smallest absolute Gasteiger partial charge is 0.358 e. The zero-order valence-corrected chi connectivity index (χ0v) is 19.8. The Bertz CT molecular complexity index is 1160. The summed E-state index contributed by atoms with van der Waals surface area (Å²) in [6.07, 6.45) is -4.54. The van der Waals surface area contributed by atoms with Crippen molar-refractivity contribution in [1.82, 2.24) is 24.6 Å². The minimum absolute atomic E-state index is 0.0752. The van der Waals surface area contributed by atoms with E-state index < -0.39 is 11.2 Å². The molecule has 1 fully saturated rings. The van der Waals surface area contributed by atoms with E-state index in [-0.39, 0.29) is 24.2 Å². The summed E-state index contributed by atoms with van der Waals surface area (Å²) < 4.78 is 41.9. The summed E-state index contributed by atoms with van der Waals surface area (Å²) in [6, 6.07) is 6.37. The van der Waals surface area contributed by atoms with Gasteiger partial charge in [-0.2, -0.15) is 18.3 Å². The van der Waals surface area contributed by atoms with Crippen molar-refractivity contribution in [2.75, 3.05) is 24.5 Å². The van der Waals surface area contributed by atoms with Gasteiger partial charge >= 0.3 is 6.18 Å². The number of rotatable bonds is 4. The van der Waals surface area contributed by atoms with Crippen LogP contribution in [0, 0.1) is 13.8 Å². The highest BCUT2D eigenvalue weighted by molar-refractivity contribution is 7.16. The number of anilines is 1. The summed E-state index contributed by atoms with van der Waals surface area (Å²) >= 11 is 6.57. The number of alkyl halides is 3. The SMILES string of the molecule is Cc1nc(C)n(CC(=O)N2CCN(c3sc(C(F)(F)F)nc3-c3ccc(Cl)cc3)C[C@H]2C)n1. The van der Waals surface area contributed by atoms with Gasteiger partial charge in [0, 0.05) is 36.3 Å². The van der Waals surface area contributed by atoms with Crippen molar-refractivity contribution < 1.29 is 18.0 Å². The molecule has 0 spiro atoms.